The van der Waals surface area contributed by atoms with Crippen LogP contribution < -0.4 is 10.9 Å². The number of methoxy groups -OCH3 is 2. The molecule has 0 radical (unpaired) electrons. The van der Waals surface area contributed by atoms with Gasteiger partial charge in [0.05, 0.1) is 20.3 Å². The lowest BCUT2D eigenvalue weighted by Gasteiger charge is -2.19. The Bertz CT molecular complexity index is 930. The Morgan fingerprint density at radius 2 is 1.44 bits per heavy atom. The van der Waals surface area contributed by atoms with Crippen LogP contribution in [0.5, 0.6) is 0 Å². The molecule has 2 aromatic carbocycles. The number of benzene rings is 2. The number of hydrazine groups is 1. The van der Waals surface area contributed by atoms with Crippen LogP contribution >= 0.6 is 0 Å². The quantitative estimate of drug-likeness (QED) is 0.362. The second kappa shape index (κ2) is 7.72. The summed E-state index contributed by atoms with van der Waals surface area (Å²) in [6.07, 6.45) is 0. The number of nitrogens with one attached hydrogen (secondary N) is 2. The Morgan fingerprint density at radius 3 is 1.93 bits per heavy atom. The van der Waals surface area contributed by atoms with Gasteiger partial charge in [-0.1, -0.05) is 48.5 Å². The van der Waals surface area contributed by atoms with Crippen molar-refractivity contribution >= 4 is 11.9 Å². The van der Waals surface area contributed by atoms with Crippen molar-refractivity contribution in [1.29, 1.82) is 5.26 Å². The lowest BCUT2D eigenvalue weighted by molar-refractivity contribution is -0.139. The van der Waals surface area contributed by atoms with Crippen LogP contribution in [0.25, 0.3) is 11.1 Å². The molecule has 0 aliphatic heterocycles. The summed E-state index contributed by atoms with van der Waals surface area (Å²) in [5, 5.41) is 9.27. The molecule has 0 bridgehead atoms. The molecule has 136 valence electrons. The molecule has 0 saturated carbocycles. The van der Waals surface area contributed by atoms with E-state index in [4.69, 9.17) is 0 Å². The van der Waals surface area contributed by atoms with Crippen molar-refractivity contribution in [3.63, 3.8) is 0 Å². The Labute approximate surface area is 156 Å². The van der Waals surface area contributed by atoms with E-state index in [2.05, 4.69) is 20.3 Å². The number of hydrogen-bond acceptors (Lipinski definition) is 7. The summed E-state index contributed by atoms with van der Waals surface area (Å²) < 4.78 is 9.25. The van der Waals surface area contributed by atoms with Crippen LogP contribution in [0.15, 0.2) is 59.8 Å². The maximum Gasteiger partial charge on any atom is 0.357 e. The molecular formula is C20H17N3O4. The van der Waals surface area contributed by atoms with Gasteiger partial charge in [0.2, 0.25) is 0 Å². The Hall–Kier alpha value is -3.63. The molecule has 0 fully saturated rings. The number of carbonyl (C=O) groups excluding carboxylic acids is 2. The van der Waals surface area contributed by atoms with Gasteiger partial charge in [-0.2, -0.15) is 5.26 Å². The maximum atomic E-state index is 12.1. The molecule has 7 heteroatoms. The van der Waals surface area contributed by atoms with Gasteiger partial charge in [0, 0.05) is 0 Å². The smallest absolute Gasteiger partial charge is 0.357 e. The predicted molar refractivity (Wildman–Crippen MR) is 96.7 cm³/mol. The predicted octanol–water partition coefficient (Wildman–Crippen LogP) is 1.97. The fourth-order valence-electron chi connectivity index (χ4n) is 3.08. The third-order valence-electron chi connectivity index (χ3n) is 4.32. The van der Waals surface area contributed by atoms with Gasteiger partial charge in [0.25, 0.3) is 0 Å². The van der Waals surface area contributed by atoms with E-state index in [9.17, 15) is 14.9 Å². The number of carbonyl (C=O) groups is 2. The monoisotopic (exact) mass is 363 g/mol. The number of nitriles is 1. The number of esters is 2. The summed E-state index contributed by atoms with van der Waals surface area (Å²) in [6.45, 7) is 0. The van der Waals surface area contributed by atoms with Crippen molar-refractivity contribution in [2.24, 2.45) is 0 Å². The third kappa shape index (κ3) is 3.26. The lowest BCUT2D eigenvalue weighted by Crippen LogP contribution is -2.39. The minimum Gasteiger partial charge on any atom is -0.465 e. The molecule has 2 aromatic rings. The standard InChI is InChI=1S/C20H17N3O4/c1-26-19(24)16(11-21)18(20(25)27-2)23-22-17-14-9-5-3-7-12(14)13-8-4-6-10-15(13)17/h3-10,17,22-23H,1-2H3/b18-16-. The van der Waals surface area contributed by atoms with Crippen LogP contribution in [0.4, 0.5) is 0 Å². The van der Waals surface area contributed by atoms with Crippen molar-refractivity contribution in [1.82, 2.24) is 10.9 Å². The zero-order valence-electron chi connectivity index (χ0n) is 14.8. The summed E-state index contributed by atoms with van der Waals surface area (Å²) in [7, 11) is 2.29. The van der Waals surface area contributed by atoms with Gasteiger partial charge in [0.1, 0.15) is 6.07 Å². The molecular weight excluding hydrogens is 346 g/mol. The fraction of sp³-hybridized carbons (Fsp3) is 0.150. The van der Waals surface area contributed by atoms with Crippen LogP contribution in [0.2, 0.25) is 0 Å². The molecule has 0 heterocycles. The van der Waals surface area contributed by atoms with Crippen LogP contribution in [0.1, 0.15) is 17.2 Å². The summed E-state index contributed by atoms with van der Waals surface area (Å²) in [6, 6.07) is 17.1. The highest BCUT2D eigenvalue weighted by Crippen LogP contribution is 2.42. The normalized spacial score (nSPS) is 12.9. The van der Waals surface area contributed by atoms with Crippen LogP contribution in [-0.2, 0) is 19.1 Å². The first-order valence-corrected chi connectivity index (χ1v) is 8.13. The first-order valence-electron chi connectivity index (χ1n) is 8.13. The zero-order chi connectivity index (χ0) is 19.4. The molecule has 3 rings (SSSR count). The van der Waals surface area contributed by atoms with Crippen molar-refractivity contribution < 1.29 is 19.1 Å². The van der Waals surface area contributed by atoms with Crippen LogP contribution in [-0.4, -0.2) is 26.2 Å². The average Bonchev–Trinajstić information content (AvgIpc) is 3.04. The molecule has 0 amide bonds. The van der Waals surface area contributed by atoms with Crippen LogP contribution in [0.3, 0.4) is 0 Å². The average molecular weight is 363 g/mol. The van der Waals surface area contributed by atoms with E-state index in [0.29, 0.717) is 0 Å². The molecule has 0 unspecified atom stereocenters. The highest BCUT2D eigenvalue weighted by molar-refractivity contribution is 6.02. The van der Waals surface area contributed by atoms with Crippen molar-refractivity contribution in [3.05, 3.63) is 70.9 Å². The first kappa shape index (κ1) is 18.2. The highest BCUT2D eigenvalue weighted by Gasteiger charge is 2.29. The van der Waals surface area contributed by atoms with Crippen molar-refractivity contribution in [2.75, 3.05) is 14.2 Å². The number of hydrogen-bond donors (Lipinski definition) is 2. The molecule has 0 saturated heterocycles. The molecule has 7 nitrogen and oxygen atoms in total. The van der Waals surface area contributed by atoms with Crippen molar-refractivity contribution in [2.45, 2.75) is 6.04 Å². The fourth-order valence-corrected chi connectivity index (χ4v) is 3.08. The minimum absolute atomic E-state index is 0.283. The van der Waals surface area contributed by atoms with Gasteiger partial charge >= 0.3 is 11.9 Å². The largest absolute Gasteiger partial charge is 0.465 e. The second-order valence-electron chi connectivity index (χ2n) is 5.72. The lowest BCUT2D eigenvalue weighted by atomic mass is 10.1. The van der Waals surface area contributed by atoms with E-state index in [1.54, 1.807) is 6.07 Å². The van der Waals surface area contributed by atoms with Gasteiger partial charge in [-0.25, -0.2) is 15.0 Å². The molecule has 1 aliphatic carbocycles. The molecule has 0 atom stereocenters. The topological polar surface area (TPSA) is 100 Å². The summed E-state index contributed by atoms with van der Waals surface area (Å²) in [4.78, 5) is 23.9. The van der Waals surface area contributed by atoms with Gasteiger partial charge < -0.3 is 14.9 Å². The van der Waals surface area contributed by atoms with Gasteiger partial charge in [-0.15, -0.1) is 0 Å². The molecule has 27 heavy (non-hydrogen) atoms. The highest BCUT2D eigenvalue weighted by atomic mass is 16.5. The SMILES string of the molecule is COC(=O)/C(C#N)=C(\NNC1c2ccccc2-c2ccccc21)C(=O)OC. The van der Waals surface area contributed by atoms with Gasteiger partial charge in [-0.05, 0) is 22.3 Å². The third-order valence-corrected chi connectivity index (χ3v) is 4.32. The molecule has 1 aliphatic rings. The Balaban J connectivity index is 1.97. The van der Waals surface area contributed by atoms with Crippen LogP contribution in [0, 0.1) is 11.3 Å². The molecule has 0 spiro atoms. The molecule has 0 aromatic heterocycles. The number of nitrogens with zero attached hydrogens (tertiary/aromatic N) is 1. The maximum absolute atomic E-state index is 12.1. The van der Waals surface area contributed by atoms with E-state index < -0.39 is 17.5 Å². The number of rotatable bonds is 5. The van der Waals surface area contributed by atoms with E-state index in [1.807, 2.05) is 48.5 Å². The second-order valence-corrected chi connectivity index (χ2v) is 5.72. The van der Waals surface area contributed by atoms with E-state index in [-0.39, 0.29) is 11.7 Å². The Morgan fingerprint density at radius 1 is 0.926 bits per heavy atom. The van der Waals surface area contributed by atoms with E-state index >= 15 is 0 Å². The summed E-state index contributed by atoms with van der Waals surface area (Å²) in [5.74, 6) is -1.79. The van der Waals surface area contributed by atoms with Gasteiger partial charge in [0.15, 0.2) is 11.3 Å². The zero-order valence-corrected chi connectivity index (χ0v) is 14.8. The van der Waals surface area contributed by atoms with E-state index in [0.717, 1.165) is 36.5 Å². The first-order chi connectivity index (χ1) is 13.1. The molecule has 2 N–H and O–H groups in total. The van der Waals surface area contributed by atoms with Crippen molar-refractivity contribution in [3.8, 4) is 17.2 Å². The summed E-state index contributed by atoms with van der Waals surface area (Å²) in [5.41, 5.74) is 9.10. The number of ether oxygens (including phenoxy) is 2. The van der Waals surface area contributed by atoms with E-state index in [1.165, 1.54) is 0 Å². The minimum atomic E-state index is -0.931. The summed E-state index contributed by atoms with van der Waals surface area (Å²) >= 11 is 0. The van der Waals surface area contributed by atoms with Gasteiger partial charge in [-0.3, -0.25) is 0 Å². The number of fused-ring (bicyclic) bond motifs is 3. The Kier molecular flexibility index (Phi) is 5.20.